The maximum Gasteiger partial charge on any atom is 0.280 e. The van der Waals surface area contributed by atoms with Crippen molar-refractivity contribution < 1.29 is 13.2 Å². The van der Waals surface area contributed by atoms with Crippen molar-refractivity contribution in [2.75, 3.05) is 5.73 Å². The number of halogens is 3. The maximum atomic E-state index is 12.8. The van der Waals surface area contributed by atoms with Gasteiger partial charge in [-0.3, -0.25) is 0 Å². The zero-order valence-electron chi connectivity index (χ0n) is 6.60. The fourth-order valence-corrected chi connectivity index (χ4v) is 0.875. The van der Waals surface area contributed by atoms with E-state index in [9.17, 15) is 13.2 Å². The van der Waals surface area contributed by atoms with Crippen molar-refractivity contribution in [3.05, 3.63) is 23.3 Å². The summed E-state index contributed by atoms with van der Waals surface area (Å²) in [5.74, 6) is -1.10. The molecule has 0 atom stereocenters. The molecular formula is C7H8F3N3. The molecule has 1 aromatic heterocycles. The lowest BCUT2D eigenvalue weighted by Gasteiger charge is -2.06. The molecule has 3 nitrogen and oxygen atoms in total. The number of hydrogen-bond acceptors (Lipinski definition) is 3. The van der Waals surface area contributed by atoms with Crippen LogP contribution in [0.1, 0.15) is 17.7 Å². The zero-order chi connectivity index (χ0) is 10.0. The highest BCUT2D eigenvalue weighted by molar-refractivity contribution is 5.46. The SMILES string of the molecule is NCc1cc(C(F)F)nc(F)c1N. The number of aromatic nitrogens is 1. The first kappa shape index (κ1) is 9.79. The van der Waals surface area contributed by atoms with Crippen LogP contribution in [-0.2, 0) is 6.54 Å². The van der Waals surface area contributed by atoms with Crippen LogP contribution in [0.4, 0.5) is 18.9 Å². The van der Waals surface area contributed by atoms with Gasteiger partial charge in [-0.25, -0.2) is 13.8 Å². The highest BCUT2D eigenvalue weighted by Gasteiger charge is 2.14. The smallest absolute Gasteiger partial charge is 0.280 e. The third-order valence-electron chi connectivity index (χ3n) is 1.56. The molecule has 0 amide bonds. The van der Waals surface area contributed by atoms with E-state index in [4.69, 9.17) is 11.5 Å². The summed E-state index contributed by atoms with van der Waals surface area (Å²) in [6.07, 6.45) is -2.82. The second-order valence-electron chi connectivity index (χ2n) is 2.42. The highest BCUT2D eigenvalue weighted by atomic mass is 19.3. The number of nitrogen functional groups attached to an aromatic ring is 1. The van der Waals surface area contributed by atoms with Crippen LogP contribution in [0.5, 0.6) is 0 Å². The Kier molecular flexibility index (Phi) is 2.72. The lowest BCUT2D eigenvalue weighted by molar-refractivity contribution is 0.144. The van der Waals surface area contributed by atoms with Crippen molar-refractivity contribution in [1.82, 2.24) is 4.98 Å². The lowest BCUT2D eigenvalue weighted by atomic mass is 10.2. The monoisotopic (exact) mass is 191 g/mol. The Morgan fingerprint density at radius 2 is 2.08 bits per heavy atom. The molecule has 0 fully saturated rings. The molecule has 0 saturated carbocycles. The van der Waals surface area contributed by atoms with Gasteiger partial charge in [-0.05, 0) is 11.6 Å². The van der Waals surface area contributed by atoms with Gasteiger partial charge in [0.1, 0.15) is 5.69 Å². The second kappa shape index (κ2) is 3.61. The first-order valence-corrected chi connectivity index (χ1v) is 3.49. The summed E-state index contributed by atoms with van der Waals surface area (Å²) in [6.45, 7) is -0.0923. The van der Waals surface area contributed by atoms with Crippen LogP contribution >= 0.6 is 0 Å². The standard InChI is InChI=1S/C7H8F3N3/c8-6(9)4-1-3(2-11)5(12)7(10)13-4/h1,6H,2,11-12H2. The van der Waals surface area contributed by atoms with Crippen LogP contribution in [0.15, 0.2) is 6.07 Å². The summed E-state index contributed by atoms with van der Waals surface area (Å²) in [6, 6.07) is 1.00. The number of nitrogens with zero attached hydrogens (tertiary/aromatic N) is 1. The Morgan fingerprint density at radius 1 is 1.46 bits per heavy atom. The molecule has 0 radical (unpaired) electrons. The topological polar surface area (TPSA) is 64.9 Å². The molecule has 0 aliphatic heterocycles. The first-order chi connectivity index (χ1) is 6.06. The van der Waals surface area contributed by atoms with E-state index >= 15 is 0 Å². The summed E-state index contributed by atoms with van der Waals surface area (Å²) in [7, 11) is 0. The van der Waals surface area contributed by atoms with E-state index in [1.165, 1.54) is 0 Å². The van der Waals surface area contributed by atoms with Crippen molar-refractivity contribution in [2.24, 2.45) is 5.73 Å². The molecular weight excluding hydrogens is 183 g/mol. The Morgan fingerprint density at radius 3 is 2.54 bits per heavy atom. The van der Waals surface area contributed by atoms with Gasteiger partial charge >= 0.3 is 0 Å². The zero-order valence-corrected chi connectivity index (χ0v) is 6.60. The van der Waals surface area contributed by atoms with Crippen molar-refractivity contribution in [3.63, 3.8) is 0 Å². The molecule has 0 aliphatic carbocycles. The van der Waals surface area contributed by atoms with E-state index in [0.717, 1.165) is 6.07 Å². The summed E-state index contributed by atoms with van der Waals surface area (Å²) < 4.78 is 36.9. The Hall–Kier alpha value is -1.30. The molecule has 0 aliphatic rings. The fraction of sp³-hybridized carbons (Fsp3) is 0.286. The molecule has 1 aromatic rings. The van der Waals surface area contributed by atoms with Crippen molar-refractivity contribution in [2.45, 2.75) is 13.0 Å². The summed E-state index contributed by atoms with van der Waals surface area (Å²) >= 11 is 0. The van der Waals surface area contributed by atoms with Crippen LogP contribution in [0.25, 0.3) is 0 Å². The van der Waals surface area contributed by atoms with Gasteiger partial charge in [-0.2, -0.15) is 4.39 Å². The summed E-state index contributed by atoms with van der Waals surface area (Å²) in [5, 5.41) is 0. The number of hydrogen-bond donors (Lipinski definition) is 2. The fourth-order valence-electron chi connectivity index (χ4n) is 0.875. The van der Waals surface area contributed by atoms with Gasteiger partial charge in [-0.15, -0.1) is 0 Å². The number of nitrogens with two attached hydrogens (primary N) is 2. The van der Waals surface area contributed by atoms with Gasteiger partial charge in [0.15, 0.2) is 0 Å². The van der Waals surface area contributed by atoms with Gasteiger partial charge in [-0.1, -0.05) is 0 Å². The van der Waals surface area contributed by atoms with Gasteiger partial charge in [0.25, 0.3) is 6.43 Å². The molecule has 0 aromatic carbocycles. The normalized spacial score (nSPS) is 10.8. The highest BCUT2D eigenvalue weighted by Crippen LogP contribution is 2.22. The van der Waals surface area contributed by atoms with Crippen molar-refractivity contribution in [3.8, 4) is 0 Å². The third kappa shape index (κ3) is 1.89. The molecule has 6 heteroatoms. The van der Waals surface area contributed by atoms with E-state index in [1.807, 2.05) is 0 Å². The summed E-state index contributed by atoms with van der Waals surface area (Å²) in [4.78, 5) is 2.98. The predicted octanol–water partition coefficient (Wildman–Crippen LogP) is 1.20. The number of rotatable bonds is 2. The van der Waals surface area contributed by atoms with Crippen molar-refractivity contribution in [1.29, 1.82) is 0 Å². The van der Waals surface area contributed by atoms with E-state index < -0.39 is 18.1 Å². The quantitative estimate of drug-likeness (QED) is 0.690. The van der Waals surface area contributed by atoms with Crippen LogP contribution in [0.2, 0.25) is 0 Å². The predicted molar refractivity (Wildman–Crippen MR) is 41.5 cm³/mol. The number of pyridine rings is 1. The van der Waals surface area contributed by atoms with Crippen LogP contribution < -0.4 is 11.5 Å². The second-order valence-corrected chi connectivity index (χ2v) is 2.42. The molecule has 0 saturated heterocycles. The third-order valence-corrected chi connectivity index (χ3v) is 1.56. The molecule has 0 unspecified atom stereocenters. The Bertz CT molecular complexity index is 314. The van der Waals surface area contributed by atoms with E-state index in [1.54, 1.807) is 0 Å². The average Bonchev–Trinajstić information content (AvgIpc) is 2.09. The minimum Gasteiger partial charge on any atom is -0.395 e. The molecule has 4 N–H and O–H groups in total. The minimum atomic E-state index is -2.82. The van der Waals surface area contributed by atoms with Gasteiger partial charge in [0.05, 0.1) is 5.69 Å². The van der Waals surface area contributed by atoms with Crippen LogP contribution in [0.3, 0.4) is 0 Å². The molecule has 1 heterocycles. The van der Waals surface area contributed by atoms with Crippen LogP contribution in [-0.4, -0.2) is 4.98 Å². The molecule has 13 heavy (non-hydrogen) atoms. The van der Waals surface area contributed by atoms with Crippen molar-refractivity contribution >= 4 is 5.69 Å². The van der Waals surface area contributed by atoms with E-state index in [0.29, 0.717) is 0 Å². The molecule has 1 rings (SSSR count). The molecule has 0 spiro atoms. The molecule has 72 valence electrons. The number of alkyl halides is 2. The van der Waals surface area contributed by atoms with Gasteiger partial charge < -0.3 is 11.5 Å². The Balaban J connectivity index is 3.22. The van der Waals surface area contributed by atoms with Gasteiger partial charge in [0.2, 0.25) is 5.95 Å². The lowest BCUT2D eigenvalue weighted by Crippen LogP contribution is -2.07. The van der Waals surface area contributed by atoms with E-state index in [-0.39, 0.29) is 17.8 Å². The average molecular weight is 191 g/mol. The first-order valence-electron chi connectivity index (χ1n) is 3.49. The summed E-state index contributed by atoms with van der Waals surface area (Å²) in [5.41, 5.74) is 9.59. The molecule has 0 bridgehead atoms. The maximum absolute atomic E-state index is 12.8. The van der Waals surface area contributed by atoms with E-state index in [2.05, 4.69) is 4.98 Å². The Labute approximate surface area is 72.6 Å². The minimum absolute atomic E-state index is 0.0923. The van der Waals surface area contributed by atoms with Crippen LogP contribution in [0, 0.1) is 5.95 Å². The number of anilines is 1. The largest absolute Gasteiger partial charge is 0.395 e. The van der Waals surface area contributed by atoms with Gasteiger partial charge in [0, 0.05) is 6.54 Å².